The van der Waals surface area contributed by atoms with Gasteiger partial charge in [-0.2, -0.15) is 0 Å². The molecule has 2 heterocycles. The van der Waals surface area contributed by atoms with Gasteiger partial charge in [0.15, 0.2) is 0 Å². The number of benzene rings is 12. The molecular weight excluding hydrogens is 829 g/mol. The van der Waals surface area contributed by atoms with E-state index in [2.05, 4.69) is 252 Å². The van der Waals surface area contributed by atoms with Crippen LogP contribution in [0.15, 0.2) is 243 Å². The van der Waals surface area contributed by atoms with E-state index >= 15 is 0 Å². The average molecular weight is 869 g/mol. The van der Waals surface area contributed by atoms with Crippen molar-refractivity contribution >= 4 is 113 Å². The first-order chi connectivity index (χ1) is 33.2. The number of hydrogen-bond donors (Lipinski definition) is 0. The lowest BCUT2D eigenvalue weighted by Crippen LogP contribution is -2.10. The maximum atomic E-state index is 2.47. The van der Waals surface area contributed by atoms with E-state index in [0.29, 0.717) is 0 Å². The van der Waals surface area contributed by atoms with Crippen LogP contribution in [-0.4, -0.2) is 4.57 Å². The minimum Gasteiger partial charge on any atom is -0.310 e. The molecule has 12 aromatic carbocycles. The largest absolute Gasteiger partial charge is 0.310 e. The molecule has 14 rings (SSSR count). The van der Waals surface area contributed by atoms with Crippen molar-refractivity contribution in [3.05, 3.63) is 243 Å². The maximum Gasteiger partial charge on any atom is 0.0541 e. The summed E-state index contributed by atoms with van der Waals surface area (Å²) in [4.78, 5) is 2.37. The summed E-state index contributed by atoms with van der Waals surface area (Å²) in [6.45, 7) is 0. The van der Waals surface area contributed by atoms with Gasteiger partial charge in [-0.25, -0.2) is 0 Å². The topological polar surface area (TPSA) is 8.17 Å². The van der Waals surface area contributed by atoms with Gasteiger partial charge in [-0.05, 0) is 145 Å². The van der Waals surface area contributed by atoms with Crippen LogP contribution in [0.3, 0.4) is 0 Å². The fraction of sp³-hybridized carbons (Fsp3) is 0. The molecular formula is C64H40N2S. The van der Waals surface area contributed by atoms with E-state index in [4.69, 9.17) is 0 Å². The Bertz CT molecular complexity index is 4230. The second kappa shape index (κ2) is 15.0. The monoisotopic (exact) mass is 868 g/mol. The van der Waals surface area contributed by atoms with Gasteiger partial charge >= 0.3 is 0 Å². The zero-order valence-corrected chi connectivity index (χ0v) is 37.2. The summed E-state index contributed by atoms with van der Waals surface area (Å²) in [6.07, 6.45) is 0. The third-order valence-corrected chi connectivity index (χ3v) is 15.1. The van der Waals surface area contributed by atoms with Crippen LogP contribution in [0.2, 0.25) is 0 Å². The Kier molecular flexibility index (Phi) is 8.49. The van der Waals surface area contributed by atoms with E-state index in [1.54, 1.807) is 0 Å². The first-order valence-electron chi connectivity index (χ1n) is 23.0. The minimum absolute atomic E-state index is 1.11. The van der Waals surface area contributed by atoms with Gasteiger partial charge in [-0.15, -0.1) is 11.3 Å². The number of thiophene rings is 1. The molecule has 0 aliphatic heterocycles. The first kappa shape index (κ1) is 37.8. The quantitative estimate of drug-likeness (QED) is 0.151. The van der Waals surface area contributed by atoms with E-state index in [1.807, 2.05) is 11.3 Å². The highest BCUT2D eigenvalue weighted by Crippen LogP contribution is 2.43. The summed E-state index contributed by atoms with van der Waals surface area (Å²) in [6, 6.07) is 89.6. The predicted octanol–water partition coefficient (Wildman–Crippen LogP) is 18.6. The number of aromatic nitrogens is 1. The molecule has 0 fully saturated rings. The molecule has 0 amide bonds. The van der Waals surface area contributed by atoms with Gasteiger partial charge in [0.1, 0.15) is 0 Å². The summed E-state index contributed by atoms with van der Waals surface area (Å²) in [5.74, 6) is 0. The van der Waals surface area contributed by atoms with Gasteiger partial charge in [0.05, 0.1) is 16.7 Å². The van der Waals surface area contributed by atoms with Crippen LogP contribution >= 0.6 is 11.3 Å². The summed E-state index contributed by atoms with van der Waals surface area (Å²) in [5, 5.41) is 15.2. The van der Waals surface area contributed by atoms with Crippen LogP contribution in [0.1, 0.15) is 0 Å². The molecule has 0 aliphatic rings. The summed E-state index contributed by atoms with van der Waals surface area (Å²) >= 11 is 1.87. The van der Waals surface area contributed by atoms with Gasteiger partial charge in [-0.3, -0.25) is 0 Å². The SMILES string of the molecule is c1ccc(N(c2ccc(-c3ccc4c(c3)c3cc(-c5ccc6sc7ccccc7c6c5)ccc3n4-c3ccc4c5ccccc5c5ccccc5c4c3)cc2)c2cccc3ccccc23)cc1. The number of anilines is 3. The van der Waals surface area contributed by atoms with Crippen LogP contribution in [0.25, 0.3) is 113 Å². The van der Waals surface area contributed by atoms with Crippen LogP contribution in [0.4, 0.5) is 17.1 Å². The number of para-hydroxylation sites is 1. The molecule has 0 radical (unpaired) electrons. The molecule has 14 aromatic rings. The molecule has 0 aliphatic carbocycles. The average Bonchev–Trinajstić information content (AvgIpc) is 3.94. The molecule has 0 bridgehead atoms. The molecule has 67 heavy (non-hydrogen) atoms. The highest BCUT2D eigenvalue weighted by molar-refractivity contribution is 7.25. The van der Waals surface area contributed by atoms with Gasteiger partial charge in [0, 0.05) is 53.4 Å². The van der Waals surface area contributed by atoms with Gasteiger partial charge in [0.25, 0.3) is 0 Å². The fourth-order valence-electron chi connectivity index (χ4n) is 10.8. The molecule has 2 nitrogen and oxygen atoms in total. The van der Waals surface area contributed by atoms with Crippen molar-refractivity contribution in [2.75, 3.05) is 4.90 Å². The third kappa shape index (κ3) is 6.02. The Hall–Kier alpha value is -8.50. The molecule has 3 heteroatoms. The Labute approximate surface area is 391 Å². The highest BCUT2D eigenvalue weighted by atomic mass is 32.1. The second-order valence-electron chi connectivity index (χ2n) is 17.6. The van der Waals surface area contributed by atoms with E-state index < -0.39 is 0 Å². The lowest BCUT2D eigenvalue weighted by molar-refractivity contribution is 1.19. The van der Waals surface area contributed by atoms with Gasteiger partial charge in [0.2, 0.25) is 0 Å². The summed E-state index contributed by atoms with van der Waals surface area (Å²) in [7, 11) is 0. The van der Waals surface area contributed by atoms with Crippen molar-refractivity contribution < 1.29 is 0 Å². The van der Waals surface area contributed by atoms with E-state index in [-0.39, 0.29) is 0 Å². The van der Waals surface area contributed by atoms with Crippen molar-refractivity contribution in [2.45, 2.75) is 0 Å². The molecule has 0 unspecified atom stereocenters. The molecule has 0 saturated carbocycles. The van der Waals surface area contributed by atoms with Crippen LogP contribution in [0.5, 0.6) is 0 Å². The molecule has 0 atom stereocenters. The lowest BCUT2D eigenvalue weighted by Gasteiger charge is -2.27. The van der Waals surface area contributed by atoms with Gasteiger partial charge < -0.3 is 9.47 Å². The molecule has 0 spiro atoms. The Morgan fingerprint density at radius 3 is 1.48 bits per heavy atom. The fourth-order valence-corrected chi connectivity index (χ4v) is 11.9. The number of hydrogen-bond acceptors (Lipinski definition) is 2. The van der Waals surface area contributed by atoms with Crippen LogP contribution in [-0.2, 0) is 0 Å². The normalized spacial score (nSPS) is 11.9. The van der Waals surface area contributed by atoms with Crippen molar-refractivity contribution in [2.24, 2.45) is 0 Å². The van der Waals surface area contributed by atoms with Crippen molar-refractivity contribution in [3.63, 3.8) is 0 Å². The van der Waals surface area contributed by atoms with Crippen molar-refractivity contribution in [1.82, 2.24) is 4.57 Å². The summed E-state index contributed by atoms with van der Waals surface area (Å²) in [5.41, 5.74) is 11.7. The van der Waals surface area contributed by atoms with Gasteiger partial charge in [-0.1, -0.05) is 158 Å². The maximum absolute atomic E-state index is 2.47. The Morgan fingerprint density at radius 2 is 0.776 bits per heavy atom. The zero-order chi connectivity index (χ0) is 44.0. The Balaban J connectivity index is 0.951. The predicted molar refractivity (Wildman–Crippen MR) is 289 cm³/mol. The first-order valence-corrected chi connectivity index (χ1v) is 23.8. The number of nitrogens with zero attached hydrogens (tertiary/aromatic N) is 2. The molecule has 0 saturated heterocycles. The molecule has 2 aromatic heterocycles. The number of fused-ring (bicyclic) bond motifs is 13. The highest BCUT2D eigenvalue weighted by Gasteiger charge is 2.19. The standard InChI is InChI=1S/C64H40N2S/c1-2-15-46(16-3-1)65(60-23-12-14-42-13-4-5-17-49(42)60)47-30-25-41(26-31-47)43-27-34-61-57(37-43)58-38-44(45-29-36-64-59(39-45)55-22-10-11-24-63(55)67-64)28-35-62(58)66(61)48-32-33-54-52-20-7-6-18-50(52)51-19-8-9-21-53(51)56(54)40-48/h1-40H. The van der Waals surface area contributed by atoms with E-state index in [0.717, 1.165) is 22.7 Å². The smallest absolute Gasteiger partial charge is 0.0541 e. The lowest BCUT2D eigenvalue weighted by atomic mass is 9.94. The molecule has 312 valence electrons. The summed E-state index contributed by atoms with van der Waals surface area (Å²) < 4.78 is 5.12. The zero-order valence-electron chi connectivity index (χ0n) is 36.4. The number of rotatable bonds is 6. The van der Waals surface area contributed by atoms with Crippen molar-refractivity contribution in [3.8, 4) is 27.9 Å². The second-order valence-corrected chi connectivity index (χ2v) is 18.7. The van der Waals surface area contributed by atoms with E-state index in [9.17, 15) is 0 Å². The van der Waals surface area contributed by atoms with Crippen LogP contribution < -0.4 is 4.90 Å². The Morgan fingerprint density at radius 1 is 0.284 bits per heavy atom. The van der Waals surface area contributed by atoms with Crippen LogP contribution in [0, 0.1) is 0 Å². The molecule has 0 N–H and O–H groups in total. The van der Waals surface area contributed by atoms with Crippen molar-refractivity contribution in [1.29, 1.82) is 0 Å². The third-order valence-electron chi connectivity index (χ3n) is 13.9. The van der Waals surface area contributed by atoms with E-state index in [1.165, 1.54) is 107 Å². The minimum atomic E-state index is 1.11.